The van der Waals surface area contributed by atoms with E-state index in [4.69, 9.17) is 0 Å². The van der Waals surface area contributed by atoms with E-state index in [1.54, 1.807) is 12.1 Å². The zero-order valence-corrected chi connectivity index (χ0v) is 15.7. The first-order chi connectivity index (χ1) is 13.6. The minimum atomic E-state index is -0.417. The molecule has 0 radical (unpaired) electrons. The number of benzene rings is 2. The van der Waals surface area contributed by atoms with Gasteiger partial charge in [-0.1, -0.05) is 48.6 Å². The van der Waals surface area contributed by atoms with Crippen LogP contribution < -0.4 is 5.32 Å². The topological polar surface area (TPSA) is 69.6 Å². The van der Waals surface area contributed by atoms with Gasteiger partial charge in [0.15, 0.2) is 0 Å². The Balaban J connectivity index is 1.43. The van der Waals surface area contributed by atoms with Gasteiger partial charge in [-0.3, -0.25) is 14.8 Å². The third-order valence-electron chi connectivity index (χ3n) is 5.85. The molecule has 0 aromatic heterocycles. The van der Waals surface area contributed by atoms with Crippen molar-refractivity contribution in [1.29, 1.82) is 0 Å². The molecule has 0 unspecified atom stereocenters. The number of nitrogens with zero attached hydrogens (tertiary/aromatic N) is 1. The van der Waals surface area contributed by atoms with Crippen molar-refractivity contribution in [3.8, 4) is 0 Å². The van der Waals surface area contributed by atoms with Crippen molar-refractivity contribution in [2.24, 2.45) is 5.41 Å². The van der Waals surface area contributed by atoms with Crippen molar-refractivity contribution < 1.29 is 14.8 Å². The Kier molecular flexibility index (Phi) is 5.01. The normalized spacial score (nSPS) is 21.0. The third kappa shape index (κ3) is 3.58. The van der Waals surface area contributed by atoms with Crippen molar-refractivity contribution in [3.05, 3.63) is 76.9 Å². The highest BCUT2D eigenvalue weighted by Crippen LogP contribution is 2.41. The average Bonchev–Trinajstić information content (AvgIpc) is 3.07. The fourth-order valence-electron chi connectivity index (χ4n) is 4.20. The van der Waals surface area contributed by atoms with Gasteiger partial charge in [0, 0.05) is 12.1 Å². The highest BCUT2D eigenvalue weighted by atomic mass is 16.5. The Morgan fingerprint density at radius 3 is 2.71 bits per heavy atom. The molecule has 28 heavy (non-hydrogen) atoms. The summed E-state index contributed by atoms with van der Waals surface area (Å²) in [4.78, 5) is 24.8. The van der Waals surface area contributed by atoms with Crippen molar-refractivity contribution in [3.63, 3.8) is 0 Å². The summed E-state index contributed by atoms with van der Waals surface area (Å²) >= 11 is 0. The highest BCUT2D eigenvalue weighted by molar-refractivity contribution is 5.94. The maximum Gasteiger partial charge on any atom is 0.277 e. The summed E-state index contributed by atoms with van der Waals surface area (Å²) in [5.74, 6) is -0.260. The molecule has 0 saturated carbocycles. The Bertz CT molecular complexity index is 923. The zero-order chi connectivity index (χ0) is 19.6. The summed E-state index contributed by atoms with van der Waals surface area (Å²) in [5, 5.41) is 13.8. The lowest BCUT2D eigenvalue weighted by atomic mass is 9.70. The standard InChI is InChI=1S/C23H24N2O3/c26-21(25(28)14-4-7-17-5-2-1-3-6-17)19-8-9-20-16-23(11-10-18(20)15-19)12-13-24-22(23)27/h1-9,15,28H,10-14,16H2,(H,24,27)/t23-/m0/s1. The van der Waals surface area contributed by atoms with Gasteiger partial charge in [-0.2, -0.15) is 0 Å². The fourth-order valence-corrected chi connectivity index (χ4v) is 4.20. The smallest absolute Gasteiger partial charge is 0.277 e. The molecule has 1 aliphatic carbocycles. The SMILES string of the molecule is O=C(c1ccc2c(c1)CC[C@]1(CCNC1=O)C2)N(O)CC=Cc1ccccc1. The number of rotatable bonds is 4. The van der Waals surface area contributed by atoms with Gasteiger partial charge >= 0.3 is 0 Å². The average molecular weight is 376 g/mol. The van der Waals surface area contributed by atoms with Crippen LogP contribution in [-0.2, 0) is 17.6 Å². The van der Waals surface area contributed by atoms with E-state index in [1.165, 1.54) is 0 Å². The second-order valence-corrected chi connectivity index (χ2v) is 7.65. The van der Waals surface area contributed by atoms with E-state index in [0.717, 1.165) is 54.0 Å². The maximum atomic E-state index is 12.6. The van der Waals surface area contributed by atoms with Crippen LogP contribution >= 0.6 is 0 Å². The zero-order valence-electron chi connectivity index (χ0n) is 15.7. The van der Waals surface area contributed by atoms with E-state index >= 15 is 0 Å². The van der Waals surface area contributed by atoms with Gasteiger partial charge in [-0.25, -0.2) is 5.06 Å². The Hall–Kier alpha value is -2.92. The van der Waals surface area contributed by atoms with Crippen LogP contribution in [0.5, 0.6) is 0 Å². The molecule has 144 valence electrons. The molecule has 1 atom stereocenters. The van der Waals surface area contributed by atoms with E-state index in [1.807, 2.05) is 48.5 Å². The highest BCUT2D eigenvalue weighted by Gasteiger charge is 2.44. The van der Waals surface area contributed by atoms with Crippen LogP contribution in [0.1, 0.15) is 39.9 Å². The quantitative estimate of drug-likeness (QED) is 0.636. The predicted molar refractivity (Wildman–Crippen MR) is 107 cm³/mol. The monoisotopic (exact) mass is 376 g/mol. The minimum Gasteiger partial charge on any atom is -0.356 e. The first-order valence-corrected chi connectivity index (χ1v) is 9.70. The number of fused-ring (bicyclic) bond motifs is 1. The molecule has 1 fully saturated rings. The van der Waals surface area contributed by atoms with E-state index in [-0.39, 0.29) is 17.9 Å². The second-order valence-electron chi connectivity index (χ2n) is 7.65. The van der Waals surface area contributed by atoms with E-state index < -0.39 is 5.91 Å². The molecule has 0 bridgehead atoms. The van der Waals surface area contributed by atoms with Crippen LogP contribution in [0.15, 0.2) is 54.6 Å². The molecule has 5 heteroatoms. The van der Waals surface area contributed by atoms with Gasteiger partial charge in [-0.15, -0.1) is 0 Å². The van der Waals surface area contributed by atoms with Crippen molar-refractivity contribution in [1.82, 2.24) is 10.4 Å². The summed E-state index contributed by atoms with van der Waals surface area (Å²) in [7, 11) is 0. The van der Waals surface area contributed by atoms with E-state index in [9.17, 15) is 14.8 Å². The molecular formula is C23H24N2O3. The number of carbonyl (C=O) groups is 2. The van der Waals surface area contributed by atoms with Gasteiger partial charge in [0.2, 0.25) is 5.91 Å². The Labute approximate surface area is 164 Å². The predicted octanol–water partition coefficient (Wildman–Crippen LogP) is 3.23. The largest absolute Gasteiger partial charge is 0.356 e. The van der Waals surface area contributed by atoms with Crippen molar-refractivity contribution >= 4 is 17.9 Å². The minimum absolute atomic E-state index is 0.119. The van der Waals surface area contributed by atoms with Gasteiger partial charge in [0.25, 0.3) is 5.91 Å². The fraction of sp³-hybridized carbons (Fsp3) is 0.304. The number of hydrogen-bond acceptors (Lipinski definition) is 3. The van der Waals surface area contributed by atoms with Crippen molar-refractivity contribution in [2.75, 3.05) is 13.1 Å². The summed E-state index contributed by atoms with van der Waals surface area (Å²) in [6.07, 6.45) is 6.83. The molecule has 2 amide bonds. The summed E-state index contributed by atoms with van der Waals surface area (Å²) in [5.41, 5.74) is 3.45. The first kappa shape index (κ1) is 18.4. The molecule has 5 nitrogen and oxygen atoms in total. The second kappa shape index (κ2) is 7.60. The molecule has 4 rings (SSSR count). The van der Waals surface area contributed by atoms with Gasteiger partial charge in [-0.05, 0) is 54.5 Å². The number of aryl methyl sites for hydroxylation is 1. The Morgan fingerprint density at radius 2 is 1.96 bits per heavy atom. The molecule has 2 aromatic rings. The molecule has 1 aliphatic heterocycles. The van der Waals surface area contributed by atoms with Crippen molar-refractivity contribution in [2.45, 2.75) is 25.7 Å². The van der Waals surface area contributed by atoms with Gasteiger partial charge in [0.1, 0.15) is 0 Å². The number of hydrogen-bond donors (Lipinski definition) is 2. The summed E-state index contributed by atoms with van der Waals surface area (Å²) in [6.45, 7) is 0.870. The van der Waals surface area contributed by atoms with Crippen LogP contribution in [0, 0.1) is 5.41 Å². The van der Waals surface area contributed by atoms with Crippen LogP contribution in [0.3, 0.4) is 0 Å². The lowest BCUT2D eigenvalue weighted by molar-refractivity contribution is -0.128. The Morgan fingerprint density at radius 1 is 1.14 bits per heavy atom. The maximum absolute atomic E-state index is 12.6. The molecule has 1 heterocycles. The van der Waals surface area contributed by atoms with Gasteiger partial charge in [0.05, 0.1) is 12.0 Å². The molecule has 1 spiro atoms. The molecule has 2 N–H and O–H groups in total. The lowest BCUT2D eigenvalue weighted by Crippen LogP contribution is -2.36. The van der Waals surface area contributed by atoms with Crippen LogP contribution in [-0.4, -0.2) is 35.2 Å². The summed E-state index contributed by atoms with van der Waals surface area (Å²) < 4.78 is 0. The molecule has 1 saturated heterocycles. The van der Waals surface area contributed by atoms with Crippen LogP contribution in [0.25, 0.3) is 6.08 Å². The number of carbonyl (C=O) groups excluding carboxylic acids is 2. The number of amides is 2. The first-order valence-electron chi connectivity index (χ1n) is 9.70. The van der Waals surface area contributed by atoms with E-state index in [2.05, 4.69) is 5.32 Å². The third-order valence-corrected chi connectivity index (χ3v) is 5.85. The van der Waals surface area contributed by atoms with Crippen LogP contribution in [0.4, 0.5) is 0 Å². The number of nitrogens with one attached hydrogen (secondary N) is 1. The van der Waals surface area contributed by atoms with E-state index in [0.29, 0.717) is 5.56 Å². The van der Waals surface area contributed by atoms with Gasteiger partial charge < -0.3 is 5.32 Å². The molecular weight excluding hydrogens is 352 g/mol. The summed E-state index contributed by atoms with van der Waals surface area (Å²) in [6, 6.07) is 15.3. The molecule has 2 aliphatic rings. The molecule has 2 aromatic carbocycles. The number of hydroxylamine groups is 2. The van der Waals surface area contributed by atoms with Crippen LogP contribution in [0.2, 0.25) is 0 Å². The lowest BCUT2D eigenvalue weighted by Gasteiger charge is -2.32.